The Morgan fingerprint density at radius 3 is 1.09 bits per heavy atom. The first-order valence-corrected chi connectivity index (χ1v) is 43.8. The lowest BCUT2D eigenvalue weighted by Crippen LogP contribution is -2.54. The molecule has 3 heterocycles. The van der Waals surface area contributed by atoms with E-state index in [4.69, 9.17) is 4.74 Å². The molecule has 15 rings (SSSR count). The van der Waals surface area contributed by atoms with Crippen molar-refractivity contribution in [2.24, 2.45) is 10.2 Å². The predicted octanol–water partition coefficient (Wildman–Crippen LogP) is 9.09. The largest absolute Gasteiger partial charge is 0.461 e. The molecule has 8 aromatic rings. The Bertz CT molecular complexity index is 5510. The maximum Gasteiger partial charge on any atom is 0.338 e. The number of azo groups is 1. The molecule has 0 radical (unpaired) electrons. The Balaban J connectivity index is 0.706. The number of sulfonamides is 1. The standard InChI is InChI=1S/C92H100N16O15S/c1-106(2)66-36-34-65(35-37-66)105-104-64-32-30-52(31-33-64)91(119)108-50-77(102-89(117)59-43-55-41-56(44-59)84(112)97-72-23-8-6-21-70(72)95-82(110)54-17-13-16-53(40-54)81(109)94-69-20-5-7-22-71(69)96-83(55)111)78(51-108)103-90(118)60-45-57-42-58(46-60)86(114)99-74-25-10-12-27-76(74)101-88(116)62-47-61(87(115)100-75-26-11-9-24-73(75)98-85(57)113)48-63(49-62)92(120)123-39-38-93-124(121,122)80-29-15-18-67-68(80)19-14-28-79(67)107(3)4/h13-19,28-37,40-49,69-78,93H,5-12,20-27,38-39,50-51H2,1-4H3,(H,94,109)(H,95,110)(H,96,111)(H,97,112)(H,98,113)(H,99,114)(H,100,115)(H,101,116)(H,102,117)(H,103,118)/t69-,70-,71-,72-,73+,74+,75+,76+,77-,78-/m1/s1. The van der Waals surface area contributed by atoms with Crippen LogP contribution in [0, 0.1) is 0 Å². The van der Waals surface area contributed by atoms with E-state index in [2.05, 4.69) is 68.1 Å². The number of nitrogens with one attached hydrogen (secondary N) is 11. The van der Waals surface area contributed by atoms with Crippen molar-refractivity contribution in [1.82, 2.24) is 62.8 Å². The van der Waals surface area contributed by atoms with Crippen molar-refractivity contribution in [3.05, 3.63) is 231 Å². The molecule has 4 aliphatic carbocycles. The molecule has 0 spiro atoms. The zero-order valence-electron chi connectivity index (χ0n) is 69.3. The average molecular weight is 1700 g/mol. The third-order valence-corrected chi connectivity index (χ3v) is 25.9. The lowest BCUT2D eigenvalue weighted by Gasteiger charge is -2.33. The molecule has 11 N–H and O–H groups in total. The number of amides is 11. The number of carbonyl (C=O) groups excluding carboxylic acids is 12. The molecule has 0 aromatic heterocycles. The summed E-state index contributed by atoms with van der Waals surface area (Å²) in [6, 6.07) is 34.9. The highest BCUT2D eigenvalue weighted by Crippen LogP contribution is 2.33. The highest BCUT2D eigenvalue weighted by atomic mass is 32.2. The van der Waals surface area contributed by atoms with E-state index < -0.39 is 148 Å². The van der Waals surface area contributed by atoms with Gasteiger partial charge in [-0.25, -0.2) is 17.9 Å². The van der Waals surface area contributed by atoms with Crippen molar-refractivity contribution in [2.45, 2.75) is 168 Å². The third-order valence-electron chi connectivity index (χ3n) is 24.4. The second-order valence-corrected chi connectivity index (χ2v) is 35.1. The molecule has 4 saturated carbocycles. The molecule has 32 heteroatoms. The van der Waals surface area contributed by atoms with Gasteiger partial charge in [0.05, 0.1) is 33.9 Å². The zero-order valence-corrected chi connectivity index (χ0v) is 70.1. The number of nitrogens with zero attached hydrogens (tertiary/aromatic N) is 5. The molecule has 8 bridgehead atoms. The number of ether oxygens (including phenoxy) is 1. The number of anilines is 2. The third kappa shape index (κ3) is 19.9. The van der Waals surface area contributed by atoms with Crippen LogP contribution in [-0.4, -0.2) is 199 Å². The van der Waals surface area contributed by atoms with E-state index in [1.54, 1.807) is 60.7 Å². The first kappa shape index (κ1) is 85.7. The van der Waals surface area contributed by atoms with Gasteiger partial charge in [-0.1, -0.05) is 81.7 Å². The van der Waals surface area contributed by atoms with Gasteiger partial charge in [-0.3, -0.25) is 52.7 Å². The molecule has 7 aliphatic rings. The summed E-state index contributed by atoms with van der Waals surface area (Å²) in [7, 11) is 3.42. The lowest BCUT2D eigenvalue weighted by molar-refractivity contribution is 0.0511. The Hall–Kier alpha value is -13.2. The number of hydrogen-bond donors (Lipinski definition) is 11. The molecule has 5 fully saturated rings. The molecule has 3 aliphatic heterocycles. The van der Waals surface area contributed by atoms with Gasteiger partial charge in [-0.2, -0.15) is 10.2 Å². The van der Waals surface area contributed by atoms with Crippen LogP contribution in [-0.2, 0) is 14.8 Å². The minimum Gasteiger partial charge on any atom is -0.461 e. The van der Waals surface area contributed by atoms with Gasteiger partial charge >= 0.3 is 5.97 Å². The SMILES string of the molecule is CN(C)c1ccc(N=Nc2ccc(C(=O)N3C[C@@H](NC(=O)c4cc5cc(c4)C(=O)N[C@H]4CCCC[C@@H]4NC(=O)c4cc(cc(C(=O)OCCNS(=O)(=O)c6cccc7c(N(C)C)cccc67)c4)C(=O)N[C@H]4CCCC[C@@H]4NC5=O)[C@H](NC(=O)c4cc5cc(c4)C(=O)N[C@@H]4CCCC[C@H]4NC(=O)c4cccc(c4)C(=O)N[C@@H]4CCCC[C@H]4NC5=O)C3)cc2)cc1. The molecule has 0 unspecified atom stereocenters. The second kappa shape index (κ2) is 37.6. The van der Waals surface area contributed by atoms with Crippen molar-refractivity contribution >= 4 is 114 Å². The molecule has 31 nitrogen and oxygen atoms in total. The number of hydrogen-bond acceptors (Lipinski definition) is 19. The van der Waals surface area contributed by atoms with Crippen LogP contribution in [0.5, 0.6) is 0 Å². The lowest BCUT2D eigenvalue weighted by atomic mass is 9.89. The smallest absolute Gasteiger partial charge is 0.338 e. The van der Waals surface area contributed by atoms with Crippen LogP contribution in [0.1, 0.15) is 227 Å². The van der Waals surface area contributed by atoms with E-state index in [-0.39, 0.29) is 91.3 Å². The zero-order chi connectivity index (χ0) is 87.0. The first-order valence-electron chi connectivity index (χ1n) is 42.3. The highest BCUT2D eigenvalue weighted by Gasteiger charge is 2.41. The minimum absolute atomic E-state index is 0.0241. The van der Waals surface area contributed by atoms with Gasteiger partial charge in [-0.15, -0.1) is 0 Å². The van der Waals surface area contributed by atoms with Crippen molar-refractivity contribution in [1.29, 1.82) is 0 Å². The minimum atomic E-state index is -4.14. The van der Waals surface area contributed by atoms with Crippen LogP contribution in [0.15, 0.2) is 179 Å². The van der Waals surface area contributed by atoms with Crippen LogP contribution in [0.25, 0.3) is 10.8 Å². The fourth-order valence-electron chi connectivity index (χ4n) is 17.7. The number of rotatable bonds is 15. The summed E-state index contributed by atoms with van der Waals surface area (Å²) in [5.41, 5.74) is 2.41. The van der Waals surface area contributed by atoms with Crippen molar-refractivity contribution in [2.75, 3.05) is 64.2 Å². The number of fused-ring (bicyclic) bond motifs is 13. The van der Waals surface area contributed by atoms with Crippen LogP contribution < -0.4 is 67.7 Å². The van der Waals surface area contributed by atoms with Crippen molar-refractivity contribution in [3.63, 3.8) is 0 Å². The van der Waals surface area contributed by atoms with Gasteiger partial charge in [0.15, 0.2) is 0 Å². The Labute approximate surface area is 717 Å². The van der Waals surface area contributed by atoms with Crippen LogP contribution in [0.2, 0.25) is 0 Å². The number of esters is 1. The van der Waals surface area contributed by atoms with Crippen molar-refractivity contribution < 1.29 is 70.7 Å². The average Bonchev–Trinajstić information content (AvgIpc) is 1.66. The molecule has 10 atom stereocenters. The molecule has 1 saturated heterocycles. The molecule has 124 heavy (non-hydrogen) atoms. The Kier molecular flexibility index (Phi) is 26.0. The van der Waals surface area contributed by atoms with Gasteiger partial charge < -0.3 is 72.6 Å². The normalized spacial score (nSPS) is 22.7. The topological polar surface area (TPSA) is 415 Å². The molecule has 11 amide bonds. The molecular weight excluding hydrogens is 1600 g/mol. The van der Waals surface area contributed by atoms with Crippen LogP contribution >= 0.6 is 0 Å². The maximum atomic E-state index is 15.5. The summed E-state index contributed by atoms with van der Waals surface area (Å²) in [6.45, 7) is -1.20. The van der Waals surface area contributed by atoms with E-state index in [0.717, 1.165) is 37.1 Å². The van der Waals surface area contributed by atoms with E-state index in [1.165, 1.54) is 71.6 Å². The summed E-state index contributed by atoms with van der Waals surface area (Å²) in [6.07, 6.45) is 8.92. The van der Waals surface area contributed by atoms with E-state index in [1.807, 2.05) is 74.4 Å². The van der Waals surface area contributed by atoms with E-state index >= 15 is 19.2 Å². The number of benzene rings is 8. The molecular formula is C92H100N16O15S. The maximum absolute atomic E-state index is 15.5. The van der Waals surface area contributed by atoms with E-state index in [9.17, 15) is 46.8 Å². The molecule has 644 valence electrons. The summed E-state index contributed by atoms with van der Waals surface area (Å²) in [5.74, 6) is -8.08. The van der Waals surface area contributed by atoms with Gasteiger partial charge in [0, 0.05) is 180 Å². The first-order chi connectivity index (χ1) is 59.7. The van der Waals surface area contributed by atoms with Gasteiger partial charge in [-0.05, 0) is 185 Å². The summed E-state index contributed by atoms with van der Waals surface area (Å²) in [5, 5.41) is 40.5. The van der Waals surface area contributed by atoms with Gasteiger partial charge in [0.1, 0.15) is 6.61 Å². The summed E-state index contributed by atoms with van der Waals surface area (Å²) in [4.78, 5) is 182. The van der Waals surface area contributed by atoms with Crippen LogP contribution in [0.3, 0.4) is 0 Å². The summed E-state index contributed by atoms with van der Waals surface area (Å²) >= 11 is 0. The second-order valence-electron chi connectivity index (χ2n) is 33.3. The summed E-state index contributed by atoms with van der Waals surface area (Å²) < 4.78 is 35.7. The Morgan fingerprint density at radius 1 is 0.387 bits per heavy atom. The van der Waals surface area contributed by atoms with Crippen LogP contribution in [0.4, 0.5) is 22.7 Å². The molecule has 8 aromatic carbocycles. The quantitative estimate of drug-likeness (QED) is 0.0259. The fraction of sp³-hybridized carbons (Fsp3) is 0.370. The number of likely N-dealkylation sites (tertiary alicyclic amines) is 1. The monoisotopic (exact) mass is 1700 g/mol. The van der Waals surface area contributed by atoms with Gasteiger partial charge in [0.25, 0.3) is 65.0 Å². The predicted molar refractivity (Wildman–Crippen MR) is 463 cm³/mol. The van der Waals surface area contributed by atoms with Gasteiger partial charge in [0.2, 0.25) is 10.0 Å². The van der Waals surface area contributed by atoms with Crippen molar-refractivity contribution in [3.8, 4) is 0 Å². The fourth-order valence-corrected chi connectivity index (χ4v) is 18.9. The van der Waals surface area contributed by atoms with E-state index in [0.29, 0.717) is 99.2 Å². The Morgan fingerprint density at radius 2 is 0.718 bits per heavy atom. The highest BCUT2D eigenvalue weighted by molar-refractivity contribution is 7.89. The number of carbonyl (C=O) groups is 12.